The van der Waals surface area contributed by atoms with E-state index in [0.717, 1.165) is 17.3 Å². The number of fused-ring (bicyclic) bond motifs is 1. The van der Waals surface area contributed by atoms with Gasteiger partial charge in [-0.1, -0.05) is 0 Å². The number of nitrogens with one attached hydrogen (secondary N) is 1. The minimum absolute atomic E-state index is 0.274. The highest BCUT2D eigenvalue weighted by Crippen LogP contribution is 2.37. The van der Waals surface area contributed by atoms with Crippen molar-refractivity contribution >= 4 is 33.0 Å². The van der Waals surface area contributed by atoms with E-state index in [2.05, 4.69) is 26.3 Å². The van der Waals surface area contributed by atoms with Gasteiger partial charge in [0, 0.05) is 10.7 Å². The first-order valence-corrected chi connectivity index (χ1v) is 7.60. The summed E-state index contributed by atoms with van der Waals surface area (Å²) in [5.74, 6) is -0.580. The average Bonchev–Trinajstić information content (AvgIpc) is 2.92. The molecule has 2 aromatic rings. The van der Waals surface area contributed by atoms with Crippen molar-refractivity contribution in [2.45, 2.75) is 37.9 Å². The molecule has 1 fully saturated rings. The molecule has 2 aromatic heterocycles. The largest absolute Gasteiger partial charge is 0.377 e. The molecule has 21 heavy (non-hydrogen) atoms. The van der Waals surface area contributed by atoms with E-state index in [1.807, 2.05) is 6.07 Å². The monoisotopic (exact) mass is 354 g/mol. The predicted molar refractivity (Wildman–Crippen MR) is 82.2 cm³/mol. The van der Waals surface area contributed by atoms with Crippen LogP contribution in [0.15, 0.2) is 22.9 Å². The number of hydrogen-bond donors (Lipinski definition) is 2. The molecule has 3 N–H and O–H groups in total. The number of halogens is 2. The normalized spacial score (nSPS) is 25.4. The number of nitrogens with two attached hydrogens (primary N) is 1. The maximum Gasteiger partial charge on any atom is 0.252 e. The third kappa shape index (κ3) is 2.50. The maximum absolute atomic E-state index is 14.5. The Kier molecular flexibility index (Phi) is 3.39. The molecular weight excluding hydrogens is 339 g/mol. The number of alkyl halides is 1. The van der Waals surface area contributed by atoms with Crippen molar-refractivity contribution in [3.05, 3.63) is 28.5 Å². The van der Waals surface area contributed by atoms with Crippen LogP contribution >= 0.6 is 15.9 Å². The molecular formula is C14H16BrFN4O. The van der Waals surface area contributed by atoms with Crippen molar-refractivity contribution in [3.8, 4) is 0 Å². The van der Waals surface area contributed by atoms with E-state index in [1.54, 1.807) is 17.6 Å². The molecule has 0 aliphatic heterocycles. The molecule has 2 atom stereocenters. The van der Waals surface area contributed by atoms with Gasteiger partial charge in [0.05, 0.1) is 29.0 Å². The molecule has 0 aromatic carbocycles. The van der Waals surface area contributed by atoms with Gasteiger partial charge in [-0.15, -0.1) is 0 Å². The maximum atomic E-state index is 14.5. The van der Waals surface area contributed by atoms with Gasteiger partial charge >= 0.3 is 0 Å². The number of nitrogens with zero attached hydrogens (tertiary/aromatic N) is 2. The number of carbonyl (C=O) groups excluding carboxylic acids is 1. The minimum Gasteiger partial charge on any atom is -0.377 e. The van der Waals surface area contributed by atoms with Gasteiger partial charge in [0.15, 0.2) is 0 Å². The Bertz CT molecular complexity index is 712. The van der Waals surface area contributed by atoms with Gasteiger partial charge < -0.3 is 11.1 Å². The van der Waals surface area contributed by atoms with E-state index in [0.29, 0.717) is 17.6 Å². The summed E-state index contributed by atoms with van der Waals surface area (Å²) in [5, 5.41) is 7.33. The van der Waals surface area contributed by atoms with Crippen LogP contribution < -0.4 is 11.1 Å². The van der Waals surface area contributed by atoms with Gasteiger partial charge in [-0.25, -0.2) is 8.91 Å². The number of hydrogen-bond acceptors (Lipinski definition) is 3. The third-order valence-electron chi connectivity index (χ3n) is 4.07. The van der Waals surface area contributed by atoms with Crippen LogP contribution in [0, 0.1) is 0 Å². The molecule has 1 aliphatic carbocycles. The molecule has 1 saturated carbocycles. The molecule has 112 valence electrons. The first-order chi connectivity index (χ1) is 9.88. The lowest BCUT2D eigenvalue weighted by Crippen LogP contribution is -2.36. The molecule has 2 heterocycles. The Hall–Kier alpha value is -1.63. The summed E-state index contributed by atoms with van der Waals surface area (Å²) >= 11 is 3.38. The van der Waals surface area contributed by atoms with Crippen LogP contribution in [0.25, 0.3) is 5.52 Å². The third-order valence-corrected chi connectivity index (χ3v) is 4.51. The van der Waals surface area contributed by atoms with E-state index in [-0.39, 0.29) is 11.6 Å². The van der Waals surface area contributed by atoms with Gasteiger partial charge in [0.25, 0.3) is 5.91 Å². The Morgan fingerprint density at radius 1 is 1.67 bits per heavy atom. The lowest BCUT2D eigenvalue weighted by Gasteiger charge is -2.26. The molecule has 1 aliphatic rings. The van der Waals surface area contributed by atoms with Crippen LogP contribution in [0.5, 0.6) is 0 Å². The summed E-state index contributed by atoms with van der Waals surface area (Å²) in [4.78, 5) is 11.6. The fourth-order valence-electron chi connectivity index (χ4n) is 2.89. The minimum atomic E-state index is -1.29. The Morgan fingerprint density at radius 3 is 3.05 bits per heavy atom. The molecule has 0 spiro atoms. The van der Waals surface area contributed by atoms with Crippen LogP contribution in [0.3, 0.4) is 0 Å². The number of anilines is 1. The van der Waals surface area contributed by atoms with E-state index in [4.69, 9.17) is 5.73 Å². The molecule has 0 radical (unpaired) electrons. The number of aromatic nitrogens is 2. The highest BCUT2D eigenvalue weighted by Gasteiger charge is 2.39. The van der Waals surface area contributed by atoms with Gasteiger partial charge in [-0.2, -0.15) is 5.10 Å². The molecule has 7 heteroatoms. The summed E-state index contributed by atoms with van der Waals surface area (Å²) in [6, 6.07) is 1.49. The first-order valence-electron chi connectivity index (χ1n) is 6.80. The van der Waals surface area contributed by atoms with Gasteiger partial charge in [0.2, 0.25) is 0 Å². The fraction of sp³-hybridized carbons (Fsp3) is 0.429. The molecule has 0 unspecified atom stereocenters. The highest BCUT2D eigenvalue weighted by molar-refractivity contribution is 9.10. The molecule has 5 nitrogen and oxygen atoms in total. The molecule has 3 rings (SSSR count). The standard InChI is InChI=1S/C14H16BrFN4O/c1-14(16)4-2-3-11(14)19-12-9(13(17)21)6-18-20-7-8(15)5-10(12)20/h5-7,11,19H,2-4H2,1H3,(H2,17,21)/t11-,14+/m0/s1. The van der Waals surface area contributed by atoms with Crippen LogP contribution in [0.2, 0.25) is 0 Å². The number of rotatable bonds is 3. The van der Waals surface area contributed by atoms with E-state index < -0.39 is 11.6 Å². The smallest absolute Gasteiger partial charge is 0.252 e. The second-order valence-corrected chi connectivity index (χ2v) is 6.57. The zero-order chi connectivity index (χ0) is 15.2. The topological polar surface area (TPSA) is 72.4 Å². The van der Waals surface area contributed by atoms with Crippen molar-refractivity contribution in [1.82, 2.24) is 9.61 Å². The lowest BCUT2D eigenvalue weighted by molar-refractivity contribution is 0.1000. The van der Waals surface area contributed by atoms with Gasteiger partial charge in [0.1, 0.15) is 5.67 Å². The number of amides is 1. The van der Waals surface area contributed by atoms with Gasteiger partial charge in [-0.05, 0) is 48.2 Å². The van der Waals surface area contributed by atoms with Gasteiger partial charge in [-0.3, -0.25) is 4.79 Å². The van der Waals surface area contributed by atoms with Crippen LogP contribution in [-0.2, 0) is 0 Å². The summed E-state index contributed by atoms with van der Waals surface area (Å²) < 4.78 is 16.9. The van der Waals surface area contributed by atoms with Crippen LogP contribution in [-0.4, -0.2) is 27.2 Å². The van der Waals surface area contributed by atoms with E-state index in [9.17, 15) is 9.18 Å². The zero-order valence-corrected chi connectivity index (χ0v) is 13.2. The first kappa shape index (κ1) is 14.3. The summed E-state index contributed by atoms with van der Waals surface area (Å²) in [6.45, 7) is 1.59. The average molecular weight is 355 g/mol. The quantitative estimate of drug-likeness (QED) is 0.889. The van der Waals surface area contributed by atoms with Crippen LogP contribution in [0.4, 0.5) is 10.1 Å². The fourth-order valence-corrected chi connectivity index (χ4v) is 3.30. The number of primary amides is 1. The van der Waals surface area contributed by atoms with Crippen molar-refractivity contribution in [1.29, 1.82) is 0 Å². The molecule has 0 saturated heterocycles. The molecule has 1 amide bonds. The van der Waals surface area contributed by atoms with Crippen LogP contribution in [0.1, 0.15) is 36.5 Å². The Labute approximate surface area is 129 Å². The summed E-state index contributed by atoms with van der Waals surface area (Å²) in [5.41, 5.74) is 5.64. The lowest BCUT2D eigenvalue weighted by atomic mass is 10.0. The SMILES string of the molecule is C[C@@]1(F)CCC[C@@H]1Nc1c(C(N)=O)cnn2cc(Br)cc12. The van der Waals surface area contributed by atoms with E-state index >= 15 is 0 Å². The number of carbonyl (C=O) groups is 1. The Balaban J connectivity index is 2.10. The van der Waals surface area contributed by atoms with Crippen molar-refractivity contribution in [3.63, 3.8) is 0 Å². The highest BCUT2D eigenvalue weighted by atomic mass is 79.9. The van der Waals surface area contributed by atoms with Crippen molar-refractivity contribution < 1.29 is 9.18 Å². The summed E-state index contributed by atoms with van der Waals surface area (Å²) in [7, 11) is 0. The summed E-state index contributed by atoms with van der Waals surface area (Å²) in [6.07, 6.45) is 5.25. The predicted octanol–water partition coefficient (Wildman–Crippen LogP) is 2.89. The second-order valence-electron chi connectivity index (χ2n) is 5.65. The molecule has 0 bridgehead atoms. The van der Waals surface area contributed by atoms with Crippen molar-refractivity contribution in [2.75, 3.05) is 5.32 Å². The second kappa shape index (κ2) is 4.98. The van der Waals surface area contributed by atoms with E-state index in [1.165, 1.54) is 6.20 Å². The zero-order valence-electron chi connectivity index (χ0n) is 11.6. The Morgan fingerprint density at radius 2 is 2.43 bits per heavy atom. The van der Waals surface area contributed by atoms with Crippen molar-refractivity contribution in [2.24, 2.45) is 5.73 Å².